The van der Waals surface area contributed by atoms with E-state index in [-0.39, 0.29) is 23.5 Å². The van der Waals surface area contributed by atoms with Crippen molar-refractivity contribution in [3.05, 3.63) is 23.3 Å². The van der Waals surface area contributed by atoms with Crippen LogP contribution in [-0.4, -0.2) is 44.9 Å². The third kappa shape index (κ3) is 3.54. The molecule has 0 N–H and O–H groups in total. The van der Waals surface area contributed by atoms with E-state index in [1.807, 2.05) is 31.9 Å². The monoisotopic (exact) mass is 367 g/mol. The Hall–Kier alpha value is -1.27. The van der Waals surface area contributed by atoms with E-state index in [0.717, 1.165) is 35.4 Å². The molecule has 24 heavy (non-hydrogen) atoms. The first-order chi connectivity index (χ1) is 11.3. The molecule has 0 aliphatic carbocycles. The Bertz CT molecular complexity index is 687. The van der Waals surface area contributed by atoms with Crippen LogP contribution >= 0.6 is 23.4 Å². The maximum absolute atomic E-state index is 12.5. The lowest BCUT2D eigenvalue weighted by molar-refractivity contribution is 0.0175. The van der Waals surface area contributed by atoms with Crippen LogP contribution in [0.5, 0.6) is 0 Å². The molecule has 3 heterocycles. The Morgan fingerprint density at radius 3 is 2.79 bits per heavy atom. The summed E-state index contributed by atoms with van der Waals surface area (Å²) in [6, 6.07) is 0.227. The molecule has 1 amide bonds. The Morgan fingerprint density at radius 1 is 1.42 bits per heavy atom. The molecular formula is C17H22ClN3O2S. The maximum Gasteiger partial charge on any atom is 0.411 e. The van der Waals surface area contributed by atoms with Gasteiger partial charge in [-0.2, -0.15) is 0 Å². The van der Waals surface area contributed by atoms with Gasteiger partial charge in [0.1, 0.15) is 5.60 Å². The van der Waals surface area contributed by atoms with Gasteiger partial charge in [0.05, 0.1) is 16.6 Å². The van der Waals surface area contributed by atoms with Crippen molar-refractivity contribution in [2.24, 2.45) is 0 Å². The van der Waals surface area contributed by atoms with Crippen molar-refractivity contribution in [1.29, 1.82) is 0 Å². The number of halogens is 1. The second kappa shape index (κ2) is 6.56. The van der Waals surface area contributed by atoms with Crippen LogP contribution in [0.25, 0.3) is 5.57 Å². The highest BCUT2D eigenvalue weighted by Gasteiger charge is 2.42. The van der Waals surface area contributed by atoms with Crippen molar-refractivity contribution < 1.29 is 9.53 Å². The van der Waals surface area contributed by atoms with E-state index in [0.29, 0.717) is 0 Å². The molecule has 0 radical (unpaired) electrons. The van der Waals surface area contributed by atoms with Crippen LogP contribution in [0.2, 0.25) is 5.28 Å². The first-order valence-corrected chi connectivity index (χ1v) is 9.67. The molecule has 0 spiro atoms. The predicted octanol–water partition coefficient (Wildman–Crippen LogP) is 4.41. The normalized spacial score (nSPS) is 23.2. The lowest BCUT2D eigenvalue weighted by atomic mass is 9.98. The second-order valence-corrected chi connectivity index (χ2v) is 8.32. The number of hydrogen-bond acceptors (Lipinski definition) is 5. The number of ether oxygens (including phenoxy) is 1. The van der Waals surface area contributed by atoms with Crippen LogP contribution in [0, 0.1) is 0 Å². The van der Waals surface area contributed by atoms with Crippen LogP contribution in [-0.2, 0) is 4.74 Å². The molecule has 0 aromatic carbocycles. The Kier molecular flexibility index (Phi) is 4.80. The van der Waals surface area contributed by atoms with Gasteiger partial charge in [-0.1, -0.05) is 6.08 Å². The van der Waals surface area contributed by atoms with Gasteiger partial charge in [-0.3, -0.25) is 4.90 Å². The molecule has 130 valence electrons. The number of carbonyl (C=O) groups is 1. The number of nitrogens with zero attached hydrogens (tertiary/aromatic N) is 3. The van der Waals surface area contributed by atoms with Crippen LogP contribution in [0.15, 0.2) is 17.2 Å². The summed E-state index contributed by atoms with van der Waals surface area (Å²) in [7, 11) is 0. The molecule has 2 atom stereocenters. The summed E-state index contributed by atoms with van der Waals surface area (Å²) < 4.78 is 5.57. The van der Waals surface area contributed by atoms with Gasteiger partial charge in [0.25, 0.3) is 0 Å². The summed E-state index contributed by atoms with van der Waals surface area (Å²) in [5, 5.41) is 0.255. The van der Waals surface area contributed by atoms with Gasteiger partial charge in [-0.15, -0.1) is 11.8 Å². The van der Waals surface area contributed by atoms with Gasteiger partial charge in [0.2, 0.25) is 5.28 Å². The second-order valence-electron chi connectivity index (χ2n) is 7.14. The van der Waals surface area contributed by atoms with E-state index in [4.69, 9.17) is 16.3 Å². The van der Waals surface area contributed by atoms with Gasteiger partial charge >= 0.3 is 6.09 Å². The first-order valence-electron chi connectivity index (χ1n) is 8.07. The zero-order valence-corrected chi connectivity index (χ0v) is 15.9. The van der Waals surface area contributed by atoms with Crippen LogP contribution in [0.1, 0.15) is 45.7 Å². The number of hydrogen-bond donors (Lipinski definition) is 0. The minimum absolute atomic E-state index is 0.0667. The maximum atomic E-state index is 12.5. The number of amides is 1. The molecule has 3 rings (SSSR count). The van der Waals surface area contributed by atoms with Gasteiger partial charge in [0.15, 0.2) is 0 Å². The molecule has 1 fully saturated rings. The van der Waals surface area contributed by atoms with Crippen LogP contribution in [0.4, 0.5) is 4.79 Å². The Labute approximate surface area is 151 Å². The summed E-state index contributed by atoms with van der Waals surface area (Å²) >= 11 is 7.60. The van der Waals surface area contributed by atoms with Gasteiger partial charge in [0, 0.05) is 12.2 Å². The lowest BCUT2D eigenvalue weighted by Gasteiger charge is -2.35. The average Bonchev–Trinajstić information content (AvgIpc) is 2.76. The van der Waals surface area contributed by atoms with E-state index in [9.17, 15) is 4.79 Å². The Morgan fingerprint density at radius 2 is 2.17 bits per heavy atom. The number of carbonyl (C=O) groups excluding carboxylic acids is 1. The molecular weight excluding hydrogens is 346 g/mol. The van der Waals surface area contributed by atoms with E-state index in [1.165, 1.54) is 0 Å². The Balaban J connectivity index is 1.88. The lowest BCUT2D eigenvalue weighted by Crippen LogP contribution is -2.45. The minimum Gasteiger partial charge on any atom is -0.444 e. The standard InChI is InChI=1S/C17H22ClN3O2S/c1-17(2,3)23-16(22)21-11-5-6-12(21)8-10(7-11)14-13(24-4)9-19-15(18)20-14/h7,9,11-12H,5-6,8H2,1-4H3. The van der Waals surface area contributed by atoms with Gasteiger partial charge in [-0.25, -0.2) is 14.8 Å². The average molecular weight is 368 g/mol. The molecule has 2 aliphatic heterocycles. The molecule has 5 nitrogen and oxygen atoms in total. The molecule has 7 heteroatoms. The molecule has 2 aliphatic rings. The van der Waals surface area contributed by atoms with Gasteiger partial charge < -0.3 is 4.74 Å². The van der Waals surface area contributed by atoms with Crippen molar-refractivity contribution >= 4 is 35.0 Å². The highest BCUT2D eigenvalue weighted by Crippen LogP contribution is 2.40. The zero-order chi connectivity index (χ0) is 17.5. The summed E-state index contributed by atoms with van der Waals surface area (Å²) in [5.74, 6) is 0. The zero-order valence-electron chi connectivity index (χ0n) is 14.4. The molecule has 2 unspecified atom stereocenters. The van der Waals surface area contributed by atoms with Crippen molar-refractivity contribution in [3.63, 3.8) is 0 Å². The van der Waals surface area contributed by atoms with E-state index in [1.54, 1.807) is 18.0 Å². The molecule has 1 aromatic heterocycles. The van der Waals surface area contributed by atoms with E-state index >= 15 is 0 Å². The van der Waals surface area contributed by atoms with Crippen molar-refractivity contribution in [1.82, 2.24) is 14.9 Å². The largest absolute Gasteiger partial charge is 0.444 e. The highest BCUT2D eigenvalue weighted by atomic mass is 35.5. The number of fused-ring (bicyclic) bond motifs is 2. The first kappa shape index (κ1) is 17.5. The quantitative estimate of drug-likeness (QED) is 0.572. The third-order valence-corrected chi connectivity index (χ3v) is 5.17. The summed E-state index contributed by atoms with van der Waals surface area (Å²) in [5.41, 5.74) is 1.56. The molecule has 2 bridgehead atoms. The minimum atomic E-state index is -0.479. The van der Waals surface area contributed by atoms with Crippen LogP contribution < -0.4 is 0 Å². The van der Waals surface area contributed by atoms with E-state index < -0.39 is 5.60 Å². The molecule has 0 saturated carbocycles. The highest BCUT2D eigenvalue weighted by molar-refractivity contribution is 7.98. The molecule has 1 saturated heterocycles. The number of aromatic nitrogens is 2. The fourth-order valence-corrected chi connectivity index (χ4v) is 4.00. The SMILES string of the molecule is CSc1cnc(Cl)nc1C1=CC2CCC(C1)N2C(=O)OC(C)(C)C. The number of thioether (sulfide) groups is 1. The smallest absolute Gasteiger partial charge is 0.411 e. The third-order valence-electron chi connectivity index (χ3n) is 4.25. The summed E-state index contributed by atoms with van der Waals surface area (Å²) in [6.07, 6.45) is 8.40. The summed E-state index contributed by atoms with van der Waals surface area (Å²) in [6.45, 7) is 5.68. The fraction of sp³-hybridized carbons (Fsp3) is 0.588. The fourth-order valence-electron chi connectivity index (χ4n) is 3.33. The van der Waals surface area contributed by atoms with Gasteiger partial charge in [-0.05, 0) is 63.5 Å². The number of rotatable bonds is 2. The topological polar surface area (TPSA) is 55.3 Å². The molecule has 1 aromatic rings. The van der Waals surface area contributed by atoms with Crippen molar-refractivity contribution in [2.45, 2.75) is 62.6 Å². The van der Waals surface area contributed by atoms with Crippen LogP contribution in [0.3, 0.4) is 0 Å². The predicted molar refractivity (Wildman–Crippen MR) is 96.3 cm³/mol. The summed E-state index contributed by atoms with van der Waals surface area (Å²) in [4.78, 5) is 23.9. The van der Waals surface area contributed by atoms with Crippen molar-refractivity contribution in [2.75, 3.05) is 6.26 Å². The van der Waals surface area contributed by atoms with Crippen molar-refractivity contribution in [3.8, 4) is 0 Å². The van der Waals surface area contributed by atoms with E-state index in [2.05, 4.69) is 16.0 Å².